The number of allylic oxidation sites excluding steroid dienone is 2. The van der Waals surface area contributed by atoms with Crippen LogP contribution >= 0.6 is 15.9 Å². The molecular formula is C15H13BrFNO2. The summed E-state index contributed by atoms with van der Waals surface area (Å²) in [5, 5.41) is 2.21. The fourth-order valence-corrected chi connectivity index (χ4v) is 2.18. The van der Waals surface area contributed by atoms with Gasteiger partial charge in [-0.05, 0) is 6.08 Å². The second kappa shape index (κ2) is 6.13. The molecule has 1 amide bonds. The van der Waals surface area contributed by atoms with Gasteiger partial charge in [0, 0.05) is 5.56 Å². The Morgan fingerprint density at radius 3 is 2.60 bits per heavy atom. The van der Waals surface area contributed by atoms with E-state index in [1.54, 1.807) is 36.4 Å². The molecule has 2 rings (SSSR count). The van der Waals surface area contributed by atoms with Crippen LogP contribution in [0.15, 0.2) is 54.6 Å². The first-order chi connectivity index (χ1) is 9.57. The number of halogens is 2. The molecule has 20 heavy (non-hydrogen) atoms. The third-order valence-electron chi connectivity index (χ3n) is 3.00. The van der Waals surface area contributed by atoms with Crippen molar-refractivity contribution in [3.63, 3.8) is 0 Å². The van der Waals surface area contributed by atoms with Crippen molar-refractivity contribution in [3.05, 3.63) is 60.2 Å². The molecule has 0 fully saturated rings. The molecule has 1 aromatic rings. The molecule has 2 atom stereocenters. The quantitative estimate of drug-likeness (QED) is 0.521. The standard InChI is InChI=1S/C15H13BrFNO2/c16-10-13(19)18-15(17)9-5-4-8-12(15)14(20)11-6-2-1-3-7-11/h1-9,12H,10H2,(H,18,19). The molecule has 0 saturated carbocycles. The molecule has 0 aliphatic heterocycles. The van der Waals surface area contributed by atoms with Crippen LogP contribution in [0, 0.1) is 5.92 Å². The smallest absolute Gasteiger partial charge is 0.233 e. The number of nitrogens with one attached hydrogen (secondary N) is 1. The summed E-state index contributed by atoms with van der Waals surface area (Å²) in [6.07, 6.45) is 5.73. The van der Waals surface area contributed by atoms with Crippen LogP contribution < -0.4 is 5.32 Å². The highest BCUT2D eigenvalue weighted by Crippen LogP contribution is 2.29. The number of hydrogen-bond donors (Lipinski definition) is 1. The number of carbonyl (C=O) groups excluding carboxylic acids is 2. The van der Waals surface area contributed by atoms with E-state index in [4.69, 9.17) is 0 Å². The van der Waals surface area contributed by atoms with Crippen molar-refractivity contribution >= 4 is 27.6 Å². The molecule has 1 aliphatic rings. The summed E-state index contributed by atoms with van der Waals surface area (Å²) in [5.41, 5.74) is 0.410. The van der Waals surface area contributed by atoms with E-state index in [0.29, 0.717) is 5.56 Å². The summed E-state index contributed by atoms with van der Waals surface area (Å²) in [6, 6.07) is 8.46. The molecule has 5 heteroatoms. The fourth-order valence-electron chi connectivity index (χ4n) is 2.04. The van der Waals surface area contributed by atoms with Gasteiger partial charge in [-0.3, -0.25) is 9.59 Å². The summed E-state index contributed by atoms with van der Waals surface area (Å²) in [7, 11) is 0. The molecule has 2 unspecified atom stereocenters. The second-order valence-corrected chi connectivity index (χ2v) is 4.96. The number of Topliss-reactive ketones (excluding diaryl/α,β-unsaturated/α-hetero) is 1. The molecule has 1 N–H and O–H groups in total. The Morgan fingerprint density at radius 2 is 1.95 bits per heavy atom. The number of alkyl halides is 2. The fraction of sp³-hybridized carbons (Fsp3) is 0.200. The number of amides is 1. The van der Waals surface area contributed by atoms with Crippen molar-refractivity contribution in [1.29, 1.82) is 0 Å². The molecule has 0 radical (unpaired) electrons. The van der Waals surface area contributed by atoms with E-state index >= 15 is 0 Å². The third kappa shape index (κ3) is 3.04. The van der Waals surface area contributed by atoms with Crippen LogP contribution in [0.5, 0.6) is 0 Å². The predicted molar refractivity (Wildman–Crippen MR) is 78.3 cm³/mol. The van der Waals surface area contributed by atoms with Gasteiger partial charge in [-0.15, -0.1) is 0 Å². The zero-order valence-electron chi connectivity index (χ0n) is 10.6. The van der Waals surface area contributed by atoms with E-state index in [1.165, 1.54) is 18.2 Å². The van der Waals surface area contributed by atoms with Crippen molar-refractivity contribution in [2.45, 2.75) is 5.79 Å². The van der Waals surface area contributed by atoms with Crippen molar-refractivity contribution in [1.82, 2.24) is 5.32 Å². The molecular weight excluding hydrogens is 325 g/mol. The summed E-state index contributed by atoms with van der Waals surface area (Å²) in [4.78, 5) is 23.8. The lowest BCUT2D eigenvalue weighted by atomic mass is 9.85. The van der Waals surface area contributed by atoms with Gasteiger partial charge in [0.2, 0.25) is 11.7 Å². The van der Waals surface area contributed by atoms with Crippen LogP contribution in [0.4, 0.5) is 4.39 Å². The normalized spacial score (nSPS) is 24.4. The summed E-state index contributed by atoms with van der Waals surface area (Å²) < 4.78 is 14.9. The maximum Gasteiger partial charge on any atom is 0.233 e. The van der Waals surface area contributed by atoms with Gasteiger partial charge in [0.05, 0.1) is 11.2 Å². The molecule has 0 saturated heterocycles. The van der Waals surface area contributed by atoms with Gasteiger partial charge in [-0.2, -0.15) is 0 Å². The largest absolute Gasteiger partial charge is 0.319 e. The Bertz CT molecular complexity index is 570. The van der Waals surface area contributed by atoms with Crippen molar-refractivity contribution in [3.8, 4) is 0 Å². The average Bonchev–Trinajstić information content (AvgIpc) is 2.47. The first kappa shape index (κ1) is 14.7. The second-order valence-electron chi connectivity index (χ2n) is 4.40. The SMILES string of the molecule is O=C(CBr)NC1(F)C=CC=CC1C(=O)c1ccccc1. The summed E-state index contributed by atoms with van der Waals surface area (Å²) in [5.74, 6) is -4.16. The number of rotatable bonds is 4. The van der Waals surface area contributed by atoms with Crippen LogP contribution in [-0.2, 0) is 4.79 Å². The lowest BCUT2D eigenvalue weighted by Crippen LogP contribution is -2.52. The van der Waals surface area contributed by atoms with E-state index in [2.05, 4.69) is 21.2 Å². The number of hydrogen-bond acceptors (Lipinski definition) is 2. The molecule has 3 nitrogen and oxygen atoms in total. The Hall–Kier alpha value is -1.75. The highest BCUT2D eigenvalue weighted by Gasteiger charge is 2.42. The van der Waals surface area contributed by atoms with Gasteiger partial charge in [0.25, 0.3) is 0 Å². The van der Waals surface area contributed by atoms with E-state index in [9.17, 15) is 14.0 Å². The summed E-state index contributed by atoms with van der Waals surface area (Å²) >= 11 is 2.96. The molecule has 1 aliphatic carbocycles. The average molecular weight is 338 g/mol. The Balaban J connectivity index is 2.28. The third-order valence-corrected chi connectivity index (χ3v) is 3.51. The van der Waals surface area contributed by atoms with Crippen LogP contribution in [0.25, 0.3) is 0 Å². The predicted octanol–water partition coefficient (Wildman–Crippen LogP) is 2.79. The van der Waals surface area contributed by atoms with Crippen molar-refractivity contribution in [2.75, 3.05) is 5.33 Å². The van der Waals surface area contributed by atoms with Gasteiger partial charge in [0.15, 0.2) is 5.78 Å². The van der Waals surface area contributed by atoms with E-state index in [0.717, 1.165) is 0 Å². The van der Waals surface area contributed by atoms with E-state index in [-0.39, 0.29) is 11.1 Å². The molecule has 0 heterocycles. The number of ketones is 1. The van der Waals surface area contributed by atoms with Gasteiger partial charge < -0.3 is 5.32 Å². The zero-order chi connectivity index (χ0) is 14.6. The molecule has 1 aromatic carbocycles. The highest BCUT2D eigenvalue weighted by atomic mass is 79.9. The maximum atomic E-state index is 14.9. The van der Waals surface area contributed by atoms with Crippen molar-refractivity contribution in [2.24, 2.45) is 5.92 Å². The minimum absolute atomic E-state index is 0.0253. The van der Waals surface area contributed by atoms with E-state index < -0.39 is 17.6 Å². The molecule has 0 aromatic heterocycles. The van der Waals surface area contributed by atoms with Crippen LogP contribution in [-0.4, -0.2) is 22.8 Å². The molecule has 104 valence electrons. The van der Waals surface area contributed by atoms with Crippen LogP contribution in [0.1, 0.15) is 10.4 Å². The lowest BCUT2D eigenvalue weighted by Gasteiger charge is -2.30. The van der Waals surface area contributed by atoms with Crippen LogP contribution in [0.3, 0.4) is 0 Å². The van der Waals surface area contributed by atoms with Crippen LogP contribution in [0.2, 0.25) is 0 Å². The topological polar surface area (TPSA) is 46.2 Å². The Labute approximate surface area is 124 Å². The van der Waals surface area contributed by atoms with Gasteiger partial charge in [-0.1, -0.05) is 64.5 Å². The number of carbonyl (C=O) groups is 2. The lowest BCUT2D eigenvalue weighted by molar-refractivity contribution is -0.122. The first-order valence-corrected chi connectivity index (χ1v) is 7.20. The van der Waals surface area contributed by atoms with Gasteiger partial charge >= 0.3 is 0 Å². The van der Waals surface area contributed by atoms with Crippen molar-refractivity contribution < 1.29 is 14.0 Å². The zero-order valence-corrected chi connectivity index (χ0v) is 12.1. The minimum Gasteiger partial charge on any atom is -0.319 e. The van der Waals surface area contributed by atoms with E-state index in [1.807, 2.05) is 0 Å². The maximum absolute atomic E-state index is 14.9. The van der Waals surface area contributed by atoms with Gasteiger partial charge in [0.1, 0.15) is 0 Å². The number of benzene rings is 1. The monoisotopic (exact) mass is 337 g/mol. The Morgan fingerprint density at radius 1 is 1.25 bits per heavy atom. The molecule has 0 spiro atoms. The highest BCUT2D eigenvalue weighted by molar-refractivity contribution is 9.09. The Kier molecular flexibility index (Phi) is 4.49. The minimum atomic E-state index is -2.20. The summed E-state index contributed by atoms with van der Waals surface area (Å²) in [6.45, 7) is 0. The molecule has 0 bridgehead atoms. The first-order valence-electron chi connectivity index (χ1n) is 6.08. The van der Waals surface area contributed by atoms with Gasteiger partial charge in [-0.25, -0.2) is 4.39 Å².